The predicted octanol–water partition coefficient (Wildman–Crippen LogP) is 4.60. The summed E-state index contributed by atoms with van der Waals surface area (Å²) in [7, 11) is 0. The highest BCUT2D eigenvalue weighted by atomic mass is 79.9. The van der Waals surface area contributed by atoms with Gasteiger partial charge in [0.1, 0.15) is 0 Å². The molecule has 0 heterocycles. The molecule has 0 bridgehead atoms. The highest BCUT2D eigenvalue weighted by molar-refractivity contribution is 9.10. The minimum atomic E-state index is 0.601. The number of hydrogen-bond donors (Lipinski definition) is 1. The van der Waals surface area contributed by atoms with E-state index in [-0.39, 0.29) is 0 Å². The second-order valence-corrected chi connectivity index (χ2v) is 6.31. The third-order valence-electron chi connectivity index (χ3n) is 2.72. The maximum absolute atomic E-state index is 5.97. The molecule has 0 saturated heterocycles. The summed E-state index contributed by atoms with van der Waals surface area (Å²) >= 11 is 5.09. The smallest absolute Gasteiger partial charge is 0.161 e. The molecule has 0 aliphatic carbocycles. The highest BCUT2D eigenvalue weighted by Gasteiger charge is 2.04. The van der Waals surface area contributed by atoms with E-state index >= 15 is 0 Å². The van der Waals surface area contributed by atoms with E-state index in [9.17, 15) is 0 Å². The molecule has 2 aromatic rings. The van der Waals surface area contributed by atoms with Gasteiger partial charge in [0.25, 0.3) is 0 Å². The molecule has 2 N–H and O–H groups in total. The van der Waals surface area contributed by atoms with Crippen molar-refractivity contribution in [2.24, 2.45) is 0 Å². The van der Waals surface area contributed by atoms with E-state index in [2.05, 4.69) is 15.9 Å². The topological polar surface area (TPSA) is 44.5 Å². The average molecular weight is 368 g/mol. The van der Waals surface area contributed by atoms with Gasteiger partial charge in [-0.1, -0.05) is 28.1 Å². The predicted molar refractivity (Wildman–Crippen MR) is 92.4 cm³/mol. The van der Waals surface area contributed by atoms with Crippen LogP contribution in [-0.4, -0.2) is 19.0 Å². The van der Waals surface area contributed by atoms with Crippen LogP contribution in [0.25, 0.3) is 0 Å². The Morgan fingerprint density at radius 1 is 1.10 bits per heavy atom. The lowest BCUT2D eigenvalue weighted by atomic mass is 10.3. The van der Waals surface area contributed by atoms with E-state index in [4.69, 9.17) is 15.2 Å². The number of nitrogens with two attached hydrogens (primary N) is 1. The van der Waals surface area contributed by atoms with E-state index in [1.54, 1.807) is 11.8 Å². The Balaban J connectivity index is 1.84. The quantitative estimate of drug-likeness (QED) is 0.441. The number of thioether (sulfide) groups is 1. The number of nitrogen functional groups attached to an aromatic ring is 1. The van der Waals surface area contributed by atoms with Gasteiger partial charge in [-0.2, -0.15) is 0 Å². The molecular weight excluding hydrogens is 350 g/mol. The number of halogens is 1. The number of hydrogen-bond acceptors (Lipinski definition) is 4. The Morgan fingerprint density at radius 2 is 1.81 bits per heavy atom. The van der Waals surface area contributed by atoms with Crippen molar-refractivity contribution < 1.29 is 9.47 Å². The van der Waals surface area contributed by atoms with Crippen LogP contribution in [0.5, 0.6) is 11.5 Å². The van der Waals surface area contributed by atoms with Crippen molar-refractivity contribution in [1.29, 1.82) is 0 Å². The zero-order chi connectivity index (χ0) is 15.1. The van der Waals surface area contributed by atoms with Crippen molar-refractivity contribution >= 4 is 33.4 Å². The first kappa shape index (κ1) is 16.0. The van der Waals surface area contributed by atoms with E-state index < -0.39 is 0 Å². The Hall–Kier alpha value is -1.33. The number of para-hydroxylation sites is 2. The molecular formula is C16H18BrNO2S. The van der Waals surface area contributed by atoms with Crippen LogP contribution < -0.4 is 15.2 Å². The molecule has 0 aliphatic heterocycles. The van der Waals surface area contributed by atoms with Crippen molar-refractivity contribution in [2.45, 2.75) is 11.8 Å². The molecule has 0 aromatic heterocycles. The zero-order valence-electron chi connectivity index (χ0n) is 11.8. The monoisotopic (exact) mass is 367 g/mol. The van der Waals surface area contributed by atoms with Crippen molar-refractivity contribution in [2.75, 3.05) is 24.7 Å². The third kappa shape index (κ3) is 4.86. The Kier molecular flexibility index (Phi) is 6.26. The fourth-order valence-corrected chi connectivity index (χ4v) is 2.95. The van der Waals surface area contributed by atoms with Crippen LogP contribution in [0.2, 0.25) is 0 Å². The standard InChI is InChI=1S/C16H18BrNO2S/c1-2-19-14-5-3-4-6-15(14)20-9-10-21-16-8-7-12(17)11-13(16)18/h3-8,11H,2,9-10,18H2,1H3. The van der Waals surface area contributed by atoms with Crippen molar-refractivity contribution in [3.8, 4) is 11.5 Å². The number of anilines is 1. The van der Waals surface area contributed by atoms with Gasteiger partial charge in [0, 0.05) is 20.8 Å². The molecule has 0 fully saturated rings. The van der Waals surface area contributed by atoms with Gasteiger partial charge >= 0.3 is 0 Å². The molecule has 0 saturated carbocycles. The van der Waals surface area contributed by atoms with Crippen LogP contribution in [0, 0.1) is 0 Å². The van der Waals surface area contributed by atoms with Gasteiger partial charge < -0.3 is 15.2 Å². The maximum atomic E-state index is 5.97. The summed E-state index contributed by atoms with van der Waals surface area (Å²) in [4.78, 5) is 1.07. The first-order valence-electron chi connectivity index (χ1n) is 6.73. The van der Waals surface area contributed by atoms with E-state index in [0.717, 1.165) is 32.3 Å². The van der Waals surface area contributed by atoms with Crippen molar-refractivity contribution in [1.82, 2.24) is 0 Å². The summed E-state index contributed by atoms with van der Waals surface area (Å²) in [6.45, 7) is 3.19. The highest BCUT2D eigenvalue weighted by Crippen LogP contribution is 2.29. The van der Waals surface area contributed by atoms with E-state index in [1.807, 2.05) is 49.4 Å². The summed E-state index contributed by atoms with van der Waals surface area (Å²) in [6, 6.07) is 13.6. The van der Waals surface area contributed by atoms with Gasteiger partial charge in [0.05, 0.1) is 13.2 Å². The fraction of sp³-hybridized carbons (Fsp3) is 0.250. The van der Waals surface area contributed by atoms with Crippen LogP contribution in [0.1, 0.15) is 6.92 Å². The van der Waals surface area contributed by atoms with Crippen molar-refractivity contribution in [3.05, 3.63) is 46.9 Å². The first-order chi connectivity index (χ1) is 10.2. The summed E-state index contributed by atoms with van der Waals surface area (Å²) in [5, 5.41) is 0. The van der Waals surface area contributed by atoms with Gasteiger partial charge in [-0.3, -0.25) is 0 Å². The Morgan fingerprint density at radius 3 is 2.48 bits per heavy atom. The average Bonchev–Trinajstić information content (AvgIpc) is 2.47. The summed E-state index contributed by atoms with van der Waals surface area (Å²) in [6.07, 6.45) is 0. The molecule has 112 valence electrons. The summed E-state index contributed by atoms with van der Waals surface area (Å²) in [5.74, 6) is 2.39. The summed E-state index contributed by atoms with van der Waals surface area (Å²) in [5.41, 5.74) is 6.75. The normalized spacial score (nSPS) is 10.4. The van der Waals surface area contributed by atoms with Crippen LogP contribution in [0.15, 0.2) is 51.8 Å². The van der Waals surface area contributed by atoms with E-state index in [0.29, 0.717) is 13.2 Å². The molecule has 0 unspecified atom stereocenters. The van der Waals surface area contributed by atoms with Crippen molar-refractivity contribution in [3.63, 3.8) is 0 Å². The molecule has 3 nitrogen and oxygen atoms in total. The molecule has 0 radical (unpaired) electrons. The SMILES string of the molecule is CCOc1ccccc1OCCSc1ccc(Br)cc1N. The van der Waals surface area contributed by atoms with Crippen LogP contribution in [-0.2, 0) is 0 Å². The second-order valence-electron chi connectivity index (χ2n) is 4.26. The molecule has 0 aliphatic rings. The Bertz CT molecular complexity index is 592. The van der Waals surface area contributed by atoms with Gasteiger partial charge in [-0.25, -0.2) is 0 Å². The molecule has 0 amide bonds. The minimum absolute atomic E-state index is 0.601. The lowest BCUT2D eigenvalue weighted by molar-refractivity contribution is 0.289. The lowest BCUT2D eigenvalue weighted by Crippen LogP contribution is -2.03. The number of ether oxygens (including phenoxy) is 2. The zero-order valence-corrected chi connectivity index (χ0v) is 14.2. The first-order valence-corrected chi connectivity index (χ1v) is 8.51. The van der Waals surface area contributed by atoms with Gasteiger partial charge in [0.15, 0.2) is 11.5 Å². The molecule has 2 aromatic carbocycles. The van der Waals surface area contributed by atoms with Crippen LogP contribution in [0.3, 0.4) is 0 Å². The minimum Gasteiger partial charge on any atom is -0.490 e. The van der Waals surface area contributed by atoms with Gasteiger partial charge in [-0.05, 0) is 37.3 Å². The maximum Gasteiger partial charge on any atom is 0.161 e. The number of rotatable bonds is 7. The Labute approximate surface area is 138 Å². The fourth-order valence-electron chi connectivity index (χ4n) is 1.80. The molecule has 2 rings (SSSR count). The molecule has 5 heteroatoms. The van der Waals surface area contributed by atoms with Gasteiger partial charge in [-0.15, -0.1) is 11.8 Å². The largest absolute Gasteiger partial charge is 0.490 e. The second kappa shape index (κ2) is 8.20. The van der Waals surface area contributed by atoms with Crippen LogP contribution >= 0.6 is 27.7 Å². The van der Waals surface area contributed by atoms with Gasteiger partial charge in [0.2, 0.25) is 0 Å². The molecule has 0 atom stereocenters. The third-order valence-corrected chi connectivity index (χ3v) is 4.27. The van der Waals surface area contributed by atoms with E-state index in [1.165, 1.54) is 0 Å². The lowest BCUT2D eigenvalue weighted by Gasteiger charge is -2.11. The molecule has 0 spiro atoms. The summed E-state index contributed by atoms with van der Waals surface area (Å²) < 4.78 is 12.3. The number of benzene rings is 2. The van der Waals surface area contributed by atoms with Crippen LogP contribution in [0.4, 0.5) is 5.69 Å². The molecule has 21 heavy (non-hydrogen) atoms.